The first-order valence-electron chi connectivity index (χ1n) is 8.03. The number of ether oxygens (including phenoxy) is 1. The predicted octanol–water partition coefficient (Wildman–Crippen LogP) is 4.06. The van der Waals surface area contributed by atoms with Gasteiger partial charge < -0.3 is 10.1 Å². The number of sulfonamides is 1. The van der Waals surface area contributed by atoms with Gasteiger partial charge >= 0.3 is 0 Å². The predicted molar refractivity (Wildman–Crippen MR) is 105 cm³/mol. The number of rotatable bonds is 4. The molecule has 1 heterocycles. The van der Waals surface area contributed by atoms with E-state index in [0.717, 1.165) is 12.1 Å². The third-order valence-corrected chi connectivity index (χ3v) is 7.00. The summed E-state index contributed by atoms with van der Waals surface area (Å²) in [6.45, 7) is 0.889. The van der Waals surface area contributed by atoms with Crippen LogP contribution in [0.2, 0.25) is 15.1 Å². The summed E-state index contributed by atoms with van der Waals surface area (Å²) in [6, 6.07) is 5.95. The molecule has 1 aliphatic rings. The summed E-state index contributed by atoms with van der Waals surface area (Å²) in [5, 5.41) is 2.20. The Morgan fingerprint density at radius 1 is 1.04 bits per heavy atom. The molecule has 1 aliphatic heterocycles. The minimum absolute atomic E-state index is 0.0309. The highest BCUT2D eigenvalue weighted by atomic mass is 35.5. The number of halogens is 4. The van der Waals surface area contributed by atoms with Crippen molar-refractivity contribution >= 4 is 56.4 Å². The van der Waals surface area contributed by atoms with Crippen LogP contribution in [-0.4, -0.2) is 44.9 Å². The second-order valence-electron chi connectivity index (χ2n) is 5.86. The molecule has 1 amide bonds. The van der Waals surface area contributed by atoms with Gasteiger partial charge in [0.15, 0.2) is 0 Å². The molecule has 0 radical (unpaired) electrons. The Bertz CT molecular complexity index is 1030. The molecule has 1 N–H and O–H groups in total. The van der Waals surface area contributed by atoms with Crippen LogP contribution < -0.4 is 5.32 Å². The maximum Gasteiger partial charge on any atom is 0.257 e. The van der Waals surface area contributed by atoms with E-state index in [2.05, 4.69) is 5.32 Å². The van der Waals surface area contributed by atoms with Gasteiger partial charge in [0.05, 0.1) is 33.8 Å². The molecular formula is C17H14Cl3FN2O4S. The Morgan fingerprint density at radius 3 is 2.36 bits per heavy atom. The molecule has 2 aromatic carbocycles. The largest absolute Gasteiger partial charge is 0.379 e. The van der Waals surface area contributed by atoms with Gasteiger partial charge in [-0.1, -0.05) is 34.8 Å². The van der Waals surface area contributed by atoms with Gasteiger partial charge in [-0.05, 0) is 30.3 Å². The minimum Gasteiger partial charge on any atom is -0.379 e. The van der Waals surface area contributed by atoms with Crippen LogP contribution in [0.1, 0.15) is 10.4 Å². The molecule has 0 bridgehead atoms. The van der Waals surface area contributed by atoms with Crippen molar-refractivity contribution in [3.8, 4) is 0 Å². The fraction of sp³-hybridized carbons (Fsp3) is 0.235. The van der Waals surface area contributed by atoms with Crippen molar-refractivity contribution in [3.05, 3.63) is 56.8 Å². The zero-order valence-corrected chi connectivity index (χ0v) is 17.3. The van der Waals surface area contributed by atoms with E-state index in [0.29, 0.717) is 0 Å². The van der Waals surface area contributed by atoms with Crippen molar-refractivity contribution in [1.29, 1.82) is 0 Å². The zero-order chi connectivity index (χ0) is 20.5. The molecule has 11 heteroatoms. The van der Waals surface area contributed by atoms with Crippen LogP contribution in [0.5, 0.6) is 0 Å². The number of carbonyl (C=O) groups excluding carboxylic acids is 1. The summed E-state index contributed by atoms with van der Waals surface area (Å²) in [6.07, 6.45) is 0. The fourth-order valence-electron chi connectivity index (χ4n) is 2.60. The number of hydrogen-bond donors (Lipinski definition) is 1. The highest BCUT2D eigenvalue weighted by Gasteiger charge is 2.30. The molecule has 0 aliphatic carbocycles. The molecule has 1 fully saturated rings. The maximum atomic E-state index is 13.3. The molecular weight excluding hydrogens is 454 g/mol. The van der Waals surface area contributed by atoms with Crippen LogP contribution in [0.3, 0.4) is 0 Å². The average molecular weight is 468 g/mol. The van der Waals surface area contributed by atoms with E-state index in [4.69, 9.17) is 39.5 Å². The first-order valence-corrected chi connectivity index (χ1v) is 10.6. The number of anilines is 1. The molecule has 0 unspecified atom stereocenters. The number of carbonyl (C=O) groups is 1. The van der Waals surface area contributed by atoms with Gasteiger partial charge in [0, 0.05) is 18.8 Å². The molecule has 0 saturated carbocycles. The monoisotopic (exact) mass is 466 g/mol. The Kier molecular flexibility index (Phi) is 6.48. The summed E-state index contributed by atoms with van der Waals surface area (Å²) >= 11 is 17.9. The van der Waals surface area contributed by atoms with Crippen LogP contribution in [0.15, 0.2) is 35.2 Å². The molecule has 1 saturated heterocycles. The van der Waals surface area contributed by atoms with E-state index in [9.17, 15) is 17.6 Å². The summed E-state index contributed by atoms with van der Waals surface area (Å²) in [7, 11) is -3.94. The third-order valence-electron chi connectivity index (χ3n) is 4.03. The average Bonchev–Trinajstić information content (AvgIpc) is 2.65. The van der Waals surface area contributed by atoms with Crippen LogP contribution in [-0.2, 0) is 14.8 Å². The molecule has 6 nitrogen and oxygen atoms in total. The highest BCUT2D eigenvalue weighted by molar-refractivity contribution is 7.89. The van der Waals surface area contributed by atoms with Gasteiger partial charge in [-0.15, -0.1) is 0 Å². The first kappa shape index (κ1) is 21.3. The quantitative estimate of drug-likeness (QED) is 0.736. The lowest BCUT2D eigenvalue weighted by Crippen LogP contribution is -2.40. The lowest BCUT2D eigenvalue weighted by molar-refractivity contribution is 0.0730. The third kappa shape index (κ3) is 4.42. The molecule has 3 rings (SSSR count). The second-order valence-corrected chi connectivity index (χ2v) is 8.99. The number of nitrogens with zero attached hydrogens (tertiary/aromatic N) is 1. The molecule has 0 aromatic heterocycles. The van der Waals surface area contributed by atoms with Gasteiger partial charge in [0.2, 0.25) is 10.0 Å². The Balaban J connectivity index is 1.94. The van der Waals surface area contributed by atoms with Gasteiger partial charge in [0.25, 0.3) is 5.91 Å². The minimum atomic E-state index is -3.94. The lowest BCUT2D eigenvalue weighted by Gasteiger charge is -2.26. The summed E-state index contributed by atoms with van der Waals surface area (Å²) < 4.78 is 45.4. The van der Waals surface area contributed by atoms with E-state index in [1.165, 1.54) is 22.5 Å². The number of hydrogen-bond acceptors (Lipinski definition) is 4. The number of amides is 1. The zero-order valence-electron chi connectivity index (χ0n) is 14.2. The standard InChI is InChI=1S/C17H14Cl3FN2O4S/c18-12-9-14(20)16(28(25,26)23-3-5-27-6-4-23)8-11(12)17(24)22-10-1-2-15(21)13(19)7-10/h1-2,7-9H,3-6H2,(H,22,24). The number of morpholine rings is 1. The molecule has 150 valence electrons. The summed E-state index contributed by atoms with van der Waals surface area (Å²) in [5.41, 5.74) is 0.123. The molecule has 28 heavy (non-hydrogen) atoms. The van der Waals surface area contributed by atoms with E-state index in [-0.39, 0.29) is 57.5 Å². The van der Waals surface area contributed by atoms with Crippen molar-refractivity contribution in [1.82, 2.24) is 4.31 Å². The van der Waals surface area contributed by atoms with E-state index in [1.54, 1.807) is 0 Å². The summed E-state index contributed by atoms with van der Waals surface area (Å²) in [4.78, 5) is 12.4. The number of benzene rings is 2. The van der Waals surface area contributed by atoms with Crippen LogP contribution in [0, 0.1) is 5.82 Å². The topological polar surface area (TPSA) is 75.7 Å². The van der Waals surface area contributed by atoms with Gasteiger partial charge in [-0.25, -0.2) is 12.8 Å². The number of nitrogens with one attached hydrogen (secondary N) is 1. The Morgan fingerprint density at radius 2 is 1.71 bits per heavy atom. The van der Waals surface area contributed by atoms with Crippen molar-refractivity contribution in [2.75, 3.05) is 31.6 Å². The van der Waals surface area contributed by atoms with Crippen LogP contribution >= 0.6 is 34.8 Å². The first-order chi connectivity index (χ1) is 13.2. The second kappa shape index (κ2) is 8.52. The van der Waals surface area contributed by atoms with Gasteiger partial charge in [0.1, 0.15) is 10.7 Å². The van der Waals surface area contributed by atoms with Crippen molar-refractivity contribution in [2.45, 2.75) is 4.90 Å². The molecule has 2 aromatic rings. The maximum absolute atomic E-state index is 13.3. The Labute approximate surface area is 176 Å². The van der Waals surface area contributed by atoms with E-state index in [1.807, 2.05) is 0 Å². The molecule has 0 atom stereocenters. The SMILES string of the molecule is O=C(Nc1ccc(F)c(Cl)c1)c1cc(S(=O)(=O)N2CCOCC2)c(Cl)cc1Cl. The Hall–Kier alpha value is -1.42. The van der Waals surface area contributed by atoms with E-state index < -0.39 is 21.7 Å². The fourth-order valence-corrected chi connectivity index (χ4v) is 5.02. The highest BCUT2D eigenvalue weighted by Crippen LogP contribution is 2.31. The van der Waals surface area contributed by atoms with Crippen molar-refractivity contribution in [3.63, 3.8) is 0 Å². The van der Waals surface area contributed by atoms with Crippen molar-refractivity contribution in [2.24, 2.45) is 0 Å². The van der Waals surface area contributed by atoms with Gasteiger partial charge in [-0.2, -0.15) is 4.31 Å². The van der Waals surface area contributed by atoms with Crippen LogP contribution in [0.4, 0.5) is 10.1 Å². The van der Waals surface area contributed by atoms with Crippen LogP contribution in [0.25, 0.3) is 0 Å². The lowest BCUT2D eigenvalue weighted by atomic mass is 10.2. The molecule has 0 spiro atoms. The van der Waals surface area contributed by atoms with Gasteiger partial charge in [-0.3, -0.25) is 4.79 Å². The summed E-state index contributed by atoms with van der Waals surface area (Å²) in [5.74, 6) is -1.33. The van der Waals surface area contributed by atoms with Crippen molar-refractivity contribution < 1.29 is 22.3 Å². The van der Waals surface area contributed by atoms with E-state index >= 15 is 0 Å². The normalized spacial score (nSPS) is 15.4. The smallest absolute Gasteiger partial charge is 0.257 e.